The van der Waals surface area contributed by atoms with Gasteiger partial charge in [0.05, 0.1) is 10.6 Å². The summed E-state index contributed by atoms with van der Waals surface area (Å²) in [4.78, 5) is 2.50. The lowest BCUT2D eigenvalue weighted by Gasteiger charge is -2.08. The summed E-state index contributed by atoms with van der Waals surface area (Å²) in [6.07, 6.45) is 0. The van der Waals surface area contributed by atoms with Crippen molar-refractivity contribution in [3.05, 3.63) is 64.7 Å². The smallest absolute Gasteiger partial charge is 0.200 e. The van der Waals surface area contributed by atoms with Gasteiger partial charge in [-0.05, 0) is 45.4 Å². The fourth-order valence-electron chi connectivity index (χ4n) is 2.18. The van der Waals surface area contributed by atoms with Crippen molar-refractivity contribution in [3.63, 3.8) is 0 Å². The Morgan fingerprint density at radius 2 is 1.55 bits per heavy atom. The molecule has 0 aliphatic heterocycles. The number of hydrazone groups is 1. The van der Waals surface area contributed by atoms with Crippen LogP contribution in [0, 0.1) is 20.8 Å². The Morgan fingerprint density at radius 3 is 2.14 bits per heavy atom. The van der Waals surface area contributed by atoms with Gasteiger partial charge in [0, 0.05) is 5.56 Å². The third-order valence-electron chi connectivity index (χ3n) is 3.44. The average Bonchev–Trinajstić information content (AvgIpc) is 2.45. The Bertz CT molecular complexity index is 807. The molecule has 0 heterocycles. The highest BCUT2D eigenvalue weighted by Crippen LogP contribution is 2.13. The van der Waals surface area contributed by atoms with Crippen LogP contribution >= 0.6 is 0 Å². The second-order valence-electron chi connectivity index (χ2n) is 5.42. The Morgan fingerprint density at radius 1 is 0.955 bits per heavy atom. The van der Waals surface area contributed by atoms with E-state index < -0.39 is 10.0 Å². The molecule has 0 unspecified atom stereocenters. The molecule has 0 bridgehead atoms. The molecule has 0 saturated heterocycles. The number of benzene rings is 2. The van der Waals surface area contributed by atoms with Crippen molar-refractivity contribution < 1.29 is 8.42 Å². The summed E-state index contributed by atoms with van der Waals surface area (Å²) in [6, 6.07) is 12.6. The van der Waals surface area contributed by atoms with Crippen LogP contribution in [0.15, 0.2) is 52.5 Å². The van der Waals surface area contributed by atoms with E-state index in [0.29, 0.717) is 5.71 Å². The first-order chi connectivity index (χ1) is 10.3. The minimum atomic E-state index is -3.64. The predicted octanol–water partition coefficient (Wildman–Crippen LogP) is 3.31. The molecule has 0 atom stereocenters. The van der Waals surface area contributed by atoms with Crippen LogP contribution in [0.25, 0.3) is 0 Å². The van der Waals surface area contributed by atoms with Gasteiger partial charge >= 0.3 is 0 Å². The molecule has 1 N–H and O–H groups in total. The van der Waals surface area contributed by atoms with Crippen LogP contribution in [-0.2, 0) is 10.0 Å². The maximum atomic E-state index is 12.2. The van der Waals surface area contributed by atoms with Crippen molar-refractivity contribution in [2.45, 2.75) is 32.6 Å². The number of sulfonamides is 1. The molecule has 0 aromatic heterocycles. The maximum Gasteiger partial charge on any atom is 0.276 e. The summed E-state index contributed by atoms with van der Waals surface area (Å²) in [6.45, 7) is 7.70. The van der Waals surface area contributed by atoms with Gasteiger partial charge in [-0.2, -0.15) is 18.4 Å². The van der Waals surface area contributed by atoms with E-state index in [1.54, 1.807) is 31.2 Å². The second-order valence-corrected chi connectivity index (χ2v) is 7.08. The van der Waals surface area contributed by atoms with Gasteiger partial charge in [-0.15, -0.1) is 0 Å². The SMILES string of the molecule is CC(=NNS(=O)(=O)c1ccc(C)cc1)c1ccc(C)cc1C. The van der Waals surface area contributed by atoms with Crippen LogP contribution in [0.3, 0.4) is 0 Å². The lowest BCUT2D eigenvalue weighted by atomic mass is 10.0. The zero-order valence-corrected chi connectivity index (χ0v) is 14.0. The fraction of sp³-hybridized carbons (Fsp3) is 0.235. The van der Waals surface area contributed by atoms with Crippen LogP contribution in [0.5, 0.6) is 0 Å². The molecule has 0 amide bonds. The van der Waals surface area contributed by atoms with Crippen LogP contribution < -0.4 is 4.83 Å². The van der Waals surface area contributed by atoms with Crippen LogP contribution in [0.2, 0.25) is 0 Å². The van der Waals surface area contributed by atoms with Gasteiger partial charge in [-0.25, -0.2) is 0 Å². The minimum absolute atomic E-state index is 0.204. The molecule has 2 rings (SSSR count). The molecule has 0 saturated carbocycles. The summed E-state index contributed by atoms with van der Waals surface area (Å²) >= 11 is 0. The lowest BCUT2D eigenvalue weighted by Crippen LogP contribution is -2.20. The first-order valence-corrected chi connectivity index (χ1v) is 8.48. The normalized spacial score (nSPS) is 12.3. The van der Waals surface area contributed by atoms with Crippen molar-refractivity contribution >= 4 is 15.7 Å². The van der Waals surface area contributed by atoms with E-state index in [1.165, 1.54) is 0 Å². The second kappa shape index (κ2) is 6.32. The predicted molar refractivity (Wildman–Crippen MR) is 89.6 cm³/mol. The zero-order valence-electron chi connectivity index (χ0n) is 13.2. The summed E-state index contributed by atoms with van der Waals surface area (Å²) in [5.41, 5.74) is 4.80. The van der Waals surface area contributed by atoms with Crippen molar-refractivity contribution in [2.24, 2.45) is 5.10 Å². The molecule has 0 radical (unpaired) electrons. The Labute approximate surface area is 131 Å². The third-order valence-corrected chi connectivity index (χ3v) is 4.66. The van der Waals surface area contributed by atoms with Gasteiger partial charge in [0.25, 0.3) is 10.0 Å². The van der Waals surface area contributed by atoms with Crippen LogP contribution in [0.1, 0.15) is 29.2 Å². The van der Waals surface area contributed by atoms with E-state index in [-0.39, 0.29) is 4.90 Å². The van der Waals surface area contributed by atoms with E-state index >= 15 is 0 Å². The van der Waals surface area contributed by atoms with Crippen molar-refractivity contribution in [1.82, 2.24) is 4.83 Å². The Balaban J connectivity index is 2.24. The van der Waals surface area contributed by atoms with E-state index in [1.807, 2.05) is 39.0 Å². The summed E-state index contributed by atoms with van der Waals surface area (Å²) < 4.78 is 24.4. The standard InChI is InChI=1S/C17H20N2O2S/c1-12-5-8-16(9-6-12)22(20,21)19-18-15(4)17-10-7-13(2)11-14(17)3/h5-11,19H,1-4H3. The highest BCUT2D eigenvalue weighted by Gasteiger charge is 2.13. The molecule has 4 nitrogen and oxygen atoms in total. The number of nitrogens with zero attached hydrogens (tertiary/aromatic N) is 1. The molecule has 116 valence electrons. The average molecular weight is 316 g/mol. The maximum absolute atomic E-state index is 12.2. The molecule has 2 aromatic carbocycles. The van der Waals surface area contributed by atoms with Gasteiger partial charge in [0.1, 0.15) is 0 Å². The van der Waals surface area contributed by atoms with Gasteiger partial charge in [0.2, 0.25) is 0 Å². The topological polar surface area (TPSA) is 58.5 Å². The molecule has 22 heavy (non-hydrogen) atoms. The third kappa shape index (κ3) is 3.74. The monoisotopic (exact) mass is 316 g/mol. The number of rotatable bonds is 4. The summed E-state index contributed by atoms with van der Waals surface area (Å²) in [5, 5.41) is 4.03. The molecular formula is C17H20N2O2S. The molecule has 0 aliphatic rings. The van der Waals surface area contributed by atoms with Crippen LogP contribution in [-0.4, -0.2) is 14.1 Å². The quantitative estimate of drug-likeness (QED) is 0.695. The first kappa shape index (κ1) is 16.2. The number of hydrogen-bond donors (Lipinski definition) is 1. The molecule has 2 aromatic rings. The van der Waals surface area contributed by atoms with Gasteiger partial charge < -0.3 is 0 Å². The van der Waals surface area contributed by atoms with Crippen LogP contribution in [0.4, 0.5) is 0 Å². The summed E-state index contributed by atoms with van der Waals surface area (Å²) in [5.74, 6) is 0. The van der Waals surface area contributed by atoms with E-state index in [9.17, 15) is 8.42 Å². The number of nitrogens with one attached hydrogen (secondary N) is 1. The van der Waals surface area contributed by atoms with E-state index in [2.05, 4.69) is 9.93 Å². The minimum Gasteiger partial charge on any atom is -0.200 e. The fourth-order valence-corrected chi connectivity index (χ4v) is 3.04. The summed E-state index contributed by atoms with van der Waals surface area (Å²) in [7, 11) is -3.64. The van der Waals surface area contributed by atoms with E-state index in [4.69, 9.17) is 0 Å². The molecule has 0 spiro atoms. The Kier molecular flexibility index (Phi) is 4.66. The number of hydrogen-bond acceptors (Lipinski definition) is 3. The molecule has 5 heteroatoms. The van der Waals surface area contributed by atoms with Crippen molar-refractivity contribution in [3.8, 4) is 0 Å². The largest absolute Gasteiger partial charge is 0.276 e. The highest BCUT2D eigenvalue weighted by atomic mass is 32.2. The first-order valence-electron chi connectivity index (χ1n) is 7.00. The lowest BCUT2D eigenvalue weighted by molar-refractivity contribution is 0.584. The Hall–Kier alpha value is -2.14. The molecule has 0 aliphatic carbocycles. The zero-order chi connectivity index (χ0) is 16.3. The molecular weight excluding hydrogens is 296 g/mol. The van der Waals surface area contributed by atoms with Crippen molar-refractivity contribution in [1.29, 1.82) is 0 Å². The number of aryl methyl sites for hydroxylation is 3. The van der Waals surface area contributed by atoms with Gasteiger partial charge in [-0.1, -0.05) is 41.5 Å². The van der Waals surface area contributed by atoms with Gasteiger partial charge in [0.15, 0.2) is 0 Å². The van der Waals surface area contributed by atoms with E-state index in [0.717, 1.165) is 22.3 Å². The highest BCUT2D eigenvalue weighted by molar-refractivity contribution is 7.89. The molecule has 0 fully saturated rings. The van der Waals surface area contributed by atoms with Crippen molar-refractivity contribution in [2.75, 3.05) is 0 Å². The van der Waals surface area contributed by atoms with Gasteiger partial charge in [-0.3, -0.25) is 0 Å².